The van der Waals surface area contributed by atoms with Crippen molar-refractivity contribution in [3.8, 4) is 11.8 Å². The molecule has 1 fully saturated rings. The zero-order valence-corrected chi connectivity index (χ0v) is 44.6. The minimum atomic E-state index is -4.45. The fraction of sp³-hybridized carbons (Fsp3) is 0.415. The maximum absolute atomic E-state index is 13.8. The summed E-state index contributed by atoms with van der Waals surface area (Å²) in [6.07, 6.45) is -3.08. The molecule has 394 valence electrons. The van der Waals surface area contributed by atoms with E-state index in [-0.39, 0.29) is 74.5 Å². The predicted octanol–water partition coefficient (Wildman–Crippen LogP) is 8.48. The summed E-state index contributed by atoms with van der Waals surface area (Å²) in [4.78, 5) is 35.6. The molecule has 74 heavy (non-hydrogen) atoms. The van der Waals surface area contributed by atoms with E-state index in [0.717, 1.165) is 56.1 Å². The SMILES string of the molecule is CC(=N)N1C(=N)[C@H](CC(=O)NCCOCCOCCNC(=O)CN2CCC(Nc3cccc4c3cc(C#CCNc3ccc(P(C)(C)=O)cc3)n4CC(F)(F)F)CC2)N=C(c2ccc(Cl)cc2)c2c1sc(C)c2C. The van der Waals surface area contributed by atoms with Gasteiger partial charge in [-0.1, -0.05) is 35.7 Å². The van der Waals surface area contributed by atoms with E-state index in [4.69, 9.17) is 36.9 Å². The van der Waals surface area contributed by atoms with Gasteiger partial charge in [-0.05, 0) is 113 Å². The average molecular weight is 1080 g/mol. The number of carbonyl (C=O) groups is 2. The minimum absolute atomic E-state index is 0.0471. The van der Waals surface area contributed by atoms with Crippen LogP contribution in [0.25, 0.3) is 10.9 Å². The van der Waals surface area contributed by atoms with E-state index >= 15 is 0 Å². The standard InChI is InChI=1S/C53H63ClF3N10O5PS/c1-34-35(2)74-52-49(34)50(37-11-13-38(54)14-12-37)64-45(51(59)67(52)36(3)58)31-47(68)61-22-26-71-28-29-72-27-23-62-48(69)32-65-24-19-40(20-25-65)63-44-9-6-10-46-43(44)30-41(66(46)33-53(55,56)57)8-7-21-60-39-15-17-42(18-16-39)73(4,5)70/h6,9-18,30,40,45,58-60,63H,19-29,31-33H2,1-5H3,(H,61,68)(H,62,69)/t45-/m0/s1. The molecule has 3 aromatic carbocycles. The number of aromatic nitrogens is 1. The highest BCUT2D eigenvalue weighted by molar-refractivity contribution is 7.70. The number of benzene rings is 3. The number of aryl methyl sites for hydroxylation is 1. The fourth-order valence-electron chi connectivity index (χ4n) is 8.78. The molecule has 2 aromatic heterocycles. The molecule has 0 radical (unpaired) electrons. The van der Waals surface area contributed by atoms with Crippen LogP contribution < -0.4 is 31.5 Å². The number of likely N-dealkylation sites (tertiary alicyclic amines) is 1. The molecule has 6 N–H and O–H groups in total. The van der Waals surface area contributed by atoms with Crippen molar-refractivity contribution >= 4 is 91.9 Å². The highest BCUT2D eigenvalue weighted by Gasteiger charge is 2.35. The van der Waals surface area contributed by atoms with Crippen LogP contribution in [-0.2, 0) is 30.2 Å². The number of hydrogen-bond acceptors (Lipinski definition) is 12. The van der Waals surface area contributed by atoms with Gasteiger partial charge in [-0.15, -0.1) is 11.3 Å². The Morgan fingerprint density at radius 1 is 0.946 bits per heavy atom. The first kappa shape index (κ1) is 55.7. The number of nitrogens with one attached hydrogen (secondary N) is 6. The Hall–Kier alpha value is -6.00. The smallest absolute Gasteiger partial charge is 0.382 e. The van der Waals surface area contributed by atoms with Gasteiger partial charge < -0.3 is 39.9 Å². The van der Waals surface area contributed by atoms with Crippen LogP contribution in [0.3, 0.4) is 0 Å². The van der Waals surface area contributed by atoms with Crippen molar-refractivity contribution in [3.05, 3.63) is 105 Å². The monoisotopic (exact) mass is 1070 g/mol. The highest BCUT2D eigenvalue weighted by atomic mass is 35.5. The van der Waals surface area contributed by atoms with Crippen molar-refractivity contribution in [1.29, 1.82) is 10.8 Å². The van der Waals surface area contributed by atoms with E-state index in [1.54, 1.807) is 67.6 Å². The lowest BCUT2D eigenvalue weighted by Gasteiger charge is -2.32. The fourth-order valence-corrected chi connectivity index (χ4v) is 11.0. The summed E-state index contributed by atoms with van der Waals surface area (Å²) in [7, 11) is -2.39. The Bertz CT molecular complexity index is 2970. The topological polar surface area (TPSA) is 189 Å². The van der Waals surface area contributed by atoms with Crippen molar-refractivity contribution < 1.29 is 36.8 Å². The van der Waals surface area contributed by atoms with Crippen LogP contribution in [0.5, 0.6) is 0 Å². The molecule has 0 spiro atoms. The number of aliphatic imine (C=N–C) groups is 1. The van der Waals surface area contributed by atoms with Crippen LogP contribution in [0.15, 0.2) is 77.8 Å². The number of rotatable bonds is 20. The molecular formula is C53H63ClF3N10O5PS. The minimum Gasteiger partial charge on any atom is -0.382 e. The number of fused-ring (bicyclic) bond motifs is 2. The van der Waals surface area contributed by atoms with E-state index < -0.39 is 25.9 Å². The van der Waals surface area contributed by atoms with Gasteiger partial charge in [0.05, 0.1) is 62.9 Å². The number of amidine groups is 2. The second-order valence-corrected chi connectivity index (χ2v) is 23.5. The van der Waals surface area contributed by atoms with E-state index in [1.807, 2.05) is 44.2 Å². The molecule has 5 aromatic rings. The summed E-state index contributed by atoms with van der Waals surface area (Å²) in [6.45, 7) is 11.3. The van der Waals surface area contributed by atoms with Crippen LogP contribution in [0.4, 0.5) is 29.5 Å². The molecule has 0 aliphatic carbocycles. The van der Waals surface area contributed by atoms with Crippen LogP contribution in [0.1, 0.15) is 53.4 Å². The molecule has 21 heteroatoms. The van der Waals surface area contributed by atoms with Gasteiger partial charge in [-0.3, -0.25) is 35.2 Å². The van der Waals surface area contributed by atoms with Gasteiger partial charge in [-0.2, -0.15) is 13.2 Å². The Morgan fingerprint density at radius 2 is 1.61 bits per heavy atom. The molecule has 0 bridgehead atoms. The highest BCUT2D eigenvalue weighted by Crippen LogP contribution is 2.40. The van der Waals surface area contributed by atoms with Crippen molar-refractivity contribution in [2.24, 2.45) is 4.99 Å². The molecule has 0 unspecified atom stereocenters. The van der Waals surface area contributed by atoms with E-state index in [2.05, 4.69) is 38.0 Å². The largest absolute Gasteiger partial charge is 0.406 e. The summed E-state index contributed by atoms with van der Waals surface area (Å²) in [5.41, 5.74) is 5.46. The van der Waals surface area contributed by atoms with E-state index in [1.165, 1.54) is 15.9 Å². The average Bonchev–Trinajstić information content (AvgIpc) is 3.80. The third-order valence-corrected chi connectivity index (χ3v) is 15.7. The zero-order chi connectivity index (χ0) is 53.2. The first-order chi connectivity index (χ1) is 35.3. The van der Waals surface area contributed by atoms with Crippen LogP contribution >= 0.6 is 30.1 Å². The number of ether oxygens (including phenoxy) is 2. The predicted molar refractivity (Wildman–Crippen MR) is 293 cm³/mol. The Labute approximate surface area is 439 Å². The van der Waals surface area contributed by atoms with Crippen molar-refractivity contribution in [3.63, 3.8) is 0 Å². The third kappa shape index (κ3) is 14.9. The number of thiophene rings is 1. The summed E-state index contributed by atoms with van der Waals surface area (Å²) >= 11 is 7.69. The van der Waals surface area contributed by atoms with Crippen LogP contribution in [-0.4, -0.2) is 136 Å². The third-order valence-electron chi connectivity index (χ3n) is 12.7. The second-order valence-electron chi connectivity index (χ2n) is 18.6. The first-order valence-corrected chi connectivity index (χ1v) is 28.2. The normalized spacial score (nSPS) is 15.5. The lowest BCUT2D eigenvalue weighted by Crippen LogP contribution is -2.44. The van der Waals surface area contributed by atoms with Gasteiger partial charge in [0.25, 0.3) is 0 Å². The van der Waals surface area contributed by atoms with E-state index in [0.29, 0.717) is 54.5 Å². The number of halogens is 4. The zero-order valence-electron chi connectivity index (χ0n) is 42.2. The molecule has 2 amide bonds. The second kappa shape index (κ2) is 25.0. The lowest BCUT2D eigenvalue weighted by molar-refractivity contribution is -0.140. The summed E-state index contributed by atoms with van der Waals surface area (Å²) in [6, 6.07) is 20.7. The van der Waals surface area contributed by atoms with Gasteiger partial charge in [0.2, 0.25) is 11.8 Å². The van der Waals surface area contributed by atoms with Crippen molar-refractivity contribution in [1.82, 2.24) is 20.1 Å². The number of hydrogen-bond donors (Lipinski definition) is 6. The molecule has 0 saturated carbocycles. The lowest BCUT2D eigenvalue weighted by atomic mass is 9.99. The van der Waals surface area contributed by atoms with Gasteiger partial charge >= 0.3 is 6.18 Å². The maximum atomic E-state index is 13.8. The molecule has 2 aliphatic heterocycles. The molecule has 15 nitrogen and oxygen atoms in total. The number of carbonyl (C=O) groups excluding carboxylic acids is 2. The Balaban J connectivity index is 0.789. The number of piperidine rings is 1. The summed E-state index contributed by atoms with van der Waals surface area (Å²) < 4.78 is 66.3. The molecular weight excluding hydrogens is 1010 g/mol. The van der Waals surface area contributed by atoms with Crippen molar-refractivity contribution in [2.75, 3.05) is 94.6 Å². The van der Waals surface area contributed by atoms with Crippen LogP contribution in [0.2, 0.25) is 5.02 Å². The summed E-state index contributed by atoms with van der Waals surface area (Å²) in [5, 5.41) is 32.8. The summed E-state index contributed by atoms with van der Waals surface area (Å²) in [5.74, 6) is 5.68. The quantitative estimate of drug-likeness (QED) is 0.0146. The van der Waals surface area contributed by atoms with E-state index in [9.17, 15) is 27.3 Å². The number of amides is 2. The van der Waals surface area contributed by atoms with Gasteiger partial charge in [-0.25, -0.2) is 0 Å². The van der Waals surface area contributed by atoms with Crippen molar-refractivity contribution in [2.45, 2.75) is 64.8 Å². The number of alkyl halides is 3. The number of anilines is 3. The Morgan fingerprint density at radius 3 is 2.24 bits per heavy atom. The van der Waals surface area contributed by atoms with Gasteiger partial charge in [0.1, 0.15) is 36.4 Å². The number of nitrogens with zero attached hydrogens (tertiary/aromatic N) is 4. The Kier molecular flexibility index (Phi) is 18.8. The van der Waals surface area contributed by atoms with Gasteiger partial charge in [0.15, 0.2) is 0 Å². The van der Waals surface area contributed by atoms with Crippen LogP contribution in [0, 0.1) is 36.5 Å². The molecule has 2 aliphatic rings. The molecule has 1 saturated heterocycles. The molecule has 7 rings (SSSR count). The maximum Gasteiger partial charge on any atom is 0.406 e. The molecule has 1 atom stereocenters. The van der Waals surface area contributed by atoms with Gasteiger partial charge in [0, 0.05) is 75.3 Å². The molecule has 4 heterocycles. The first-order valence-electron chi connectivity index (χ1n) is 24.4.